The van der Waals surface area contributed by atoms with Crippen molar-refractivity contribution in [1.29, 1.82) is 0 Å². The van der Waals surface area contributed by atoms with Crippen molar-refractivity contribution in [3.05, 3.63) is 63.0 Å². The molecule has 4 rings (SSSR count). The van der Waals surface area contributed by atoms with E-state index in [2.05, 4.69) is 16.0 Å². The number of H-pyrrole nitrogens is 1. The molecule has 1 aliphatic heterocycles. The number of hydrogen-bond donors (Lipinski definition) is 1. The minimum atomic E-state index is -0.164. The fourth-order valence-electron chi connectivity index (χ4n) is 3.88. The van der Waals surface area contributed by atoms with Crippen LogP contribution in [0.2, 0.25) is 0 Å². The second-order valence-electron chi connectivity index (χ2n) is 7.37. The quantitative estimate of drug-likeness (QED) is 0.754. The fraction of sp³-hybridized carbons (Fsp3) is 0.381. The SMILES string of the molecule is Cc1ccc2c(C)c(C(=O)N3CCCC(c4cc(=O)[nH]cn4)C3)oc2c1C. The number of fused-ring (bicyclic) bond motifs is 1. The van der Waals surface area contributed by atoms with Gasteiger partial charge in [-0.15, -0.1) is 0 Å². The van der Waals surface area contributed by atoms with Gasteiger partial charge in [0.25, 0.3) is 11.5 Å². The standard InChI is InChI=1S/C21H23N3O3/c1-12-6-7-16-14(3)20(27-19(16)13(12)2)21(26)24-8-4-5-15(10-24)17-9-18(25)23-11-22-17/h6-7,9,11,15H,4-5,8,10H2,1-3H3,(H,22,23,25). The van der Waals surface area contributed by atoms with Crippen LogP contribution in [0.3, 0.4) is 0 Å². The van der Waals surface area contributed by atoms with Crippen LogP contribution in [-0.4, -0.2) is 33.9 Å². The Morgan fingerprint density at radius 2 is 2.07 bits per heavy atom. The number of likely N-dealkylation sites (tertiary alicyclic amines) is 1. The monoisotopic (exact) mass is 365 g/mol. The summed E-state index contributed by atoms with van der Waals surface area (Å²) < 4.78 is 6.02. The van der Waals surface area contributed by atoms with Crippen LogP contribution in [0, 0.1) is 20.8 Å². The van der Waals surface area contributed by atoms with Gasteiger partial charge in [0.05, 0.1) is 12.0 Å². The topological polar surface area (TPSA) is 79.2 Å². The van der Waals surface area contributed by atoms with Crippen molar-refractivity contribution in [2.75, 3.05) is 13.1 Å². The molecule has 1 aromatic carbocycles. The molecule has 1 amide bonds. The highest BCUT2D eigenvalue weighted by atomic mass is 16.3. The van der Waals surface area contributed by atoms with Gasteiger partial charge < -0.3 is 14.3 Å². The summed E-state index contributed by atoms with van der Waals surface area (Å²) in [5.41, 5.74) is 4.47. The van der Waals surface area contributed by atoms with Gasteiger partial charge in [-0.2, -0.15) is 0 Å². The minimum Gasteiger partial charge on any atom is -0.450 e. The largest absolute Gasteiger partial charge is 0.450 e. The maximum Gasteiger partial charge on any atom is 0.289 e. The molecule has 1 atom stereocenters. The Kier molecular flexibility index (Phi) is 4.34. The highest BCUT2D eigenvalue weighted by Gasteiger charge is 2.30. The number of hydrogen-bond acceptors (Lipinski definition) is 4. The van der Waals surface area contributed by atoms with Crippen molar-refractivity contribution < 1.29 is 9.21 Å². The number of benzene rings is 1. The summed E-state index contributed by atoms with van der Waals surface area (Å²) in [6.07, 6.45) is 3.22. The van der Waals surface area contributed by atoms with E-state index in [4.69, 9.17) is 4.42 Å². The molecule has 1 fully saturated rings. The number of nitrogens with one attached hydrogen (secondary N) is 1. The van der Waals surface area contributed by atoms with Crippen molar-refractivity contribution in [3.63, 3.8) is 0 Å². The van der Waals surface area contributed by atoms with E-state index in [1.54, 1.807) is 0 Å². The van der Waals surface area contributed by atoms with Gasteiger partial charge in [-0.05, 0) is 44.7 Å². The van der Waals surface area contributed by atoms with E-state index >= 15 is 0 Å². The number of aromatic nitrogens is 2. The van der Waals surface area contributed by atoms with Crippen molar-refractivity contribution in [3.8, 4) is 0 Å². The number of carbonyl (C=O) groups is 1. The van der Waals surface area contributed by atoms with Gasteiger partial charge in [-0.3, -0.25) is 9.59 Å². The van der Waals surface area contributed by atoms with Gasteiger partial charge in [-0.25, -0.2) is 4.98 Å². The van der Waals surface area contributed by atoms with E-state index in [0.717, 1.165) is 46.2 Å². The molecule has 1 N–H and O–H groups in total. The van der Waals surface area contributed by atoms with Gasteiger partial charge in [-0.1, -0.05) is 12.1 Å². The molecular weight excluding hydrogens is 342 g/mol. The average molecular weight is 365 g/mol. The molecule has 27 heavy (non-hydrogen) atoms. The number of carbonyl (C=O) groups excluding carboxylic acids is 1. The number of nitrogens with zero attached hydrogens (tertiary/aromatic N) is 2. The Morgan fingerprint density at radius 1 is 1.26 bits per heavy atom. The molecule has 0 aliphatic carbocycles. The molecular formula is C21H23N3O3. The zero-order chi connectivity index (χ0) is 19.1. The second kappa shape index (κ2) is 6.68. The first-order valence-electron chi connectivity index (χ1n) is 9.29. The van der Waals surface area contributed by atoms with E-state index in [9.17, 15) is 9.59 Å². The molecule has 1 unspecified atom stereocenters. The van der Waals surface area contributed by atoms with Crippen LogP contribution in [0.15, 0.2) is 33.7 Å². The Hall–Kier alpha value is -2.89. The lowest BCUT2D eigenvalue weighted by Crippen LogP contribution is -2.39. The summed E-state index contributed by atoms with van der Waals surface area (Å²) in [5.74, 6) is 0.396. The lowest BCUT2D eigenvalue weighted by atomic mass is 9.94. The maximum atomic E-state index is 13.2. The first-order chi connectivity index (χ1) is 13.0. The fourth-order valence-corrected chi connectivity index (χ4v) is 3.88. The molecule has 0 bridgehead atoms. The highest BCUT2D eigenvalue weighted by molar-refractivity contribution is 5.99. The predicted molar refractivity (Wildman–Crippen MR) is 103 cm³/mol. The summed E-state index contributed by atoms with van der Waals surface area (Å²) in [6, 6.07) is 5.60. The normalized spacial score (nSPS) is 17.4. The summed E-state index contributed by atoms with van der Waals surface area (Å²) in [6.45, 7) is 7.23. The van der Waals surface area contributed by atoms with E-state index in [1.807, 2.05) is 31.7 Å². The van der Waals surface area contributed by atoms with E-state index in [-0.39, 0.29) is 17.4 Å². The predicted octanol–water partition coefficient (Wildman–Crippen LogP) is 3.46. The summed E-state index contributed by atoms with van der Waals surface area (Å²) in [5, 5.41) is 0.992. The first kappa shape index (κ1) is 17.5. The van der Waals surface area contributed by atoms with Crippen LogP contribution in [0.5, 0.6) is 0 Å². The second-order valence-corrected chi connectivity index (χ2v) is 7.37. The van der Waals surface area contributed by atoms with E-state index in [0.29, 0.717) is 18.8 Å². The Labute approximate surface area is 157 Å². The summed E-state index contributed by atoms with van der Waals surface area (Å²) in [7, 11) is 0. The molecule has 0 saturated carbocycles. The van der Waals surface area contributed by atoms with Gasteiger partial charge in [0.15, 0.2) is 5.76 Å². The molecule has 6 heteroatoms. The average Bonchev–Trinajstić information content (AvgIpc) is 3.01. The molecule has 0 radical (unpaired) electrons. The minimum absolute atomic E-state index is 0.0682. The molecule has 3 aromatic rings. The molecule has 6 nitrogen and oxygen atoms in total. The smallest absolute Gasteiger partial charge is 0.289 e. The van der Waals surface area contributed by atoms with Crippen molar-refractivity contribution in [1.82, 2.24) is 14.9 Å². The molecule has 140 valence electrons. The van der Waals surface area contributed by atoms with E-state index < -0.39 is 0 Å². The van der Waals surface area contributed by atoms with Crippen LogP contribution in [0.25, 0.3) is 11.0 Å². The number of furan rings is 1. The Balaban J connectivity index is 1.64. The number of rotatable bonds is 2. The first-order valence-corrected chi connectivity index (χ1v) is 9.29. The zero-order valence-corrected chi connectivity index (χ0v) is 15.8. The molecule has 0 spiro atoms. The zero-order valence-electron chi connectivity index (χ0n) is 15.8. The van der Waals surface area contributed by atoms with Crippen LogP contribution < -0.4 is 5.56 Å². The van der Waals surface area contributed by atoms with Crippen molar-refractivity contribution >= 4 is 16.9 Å². The third-order valence-corrected chi connectivity index (χ3v) is 5.65. The maximum absolute atomic E-state index is 13.2. The molecule has 2 aromatic heterocycles. The Morgan fingerprint density at radius 3 is 2.85 bits per heavy atom. The third-order valence-electron chi connectivity index (χ3n) is 5.65. The molecule has 1 aliphatic rings. The van der Waals surface area contributed by atoms with Gasteiger partial charge in [0, 0.05) is 36.0 Å². The number of piperidine rings is 1. The third kappa shape index (κ3) is 3.05. The number of aromatic amines is 1. The van der Waals surface area contributed by atoms with Crippen molar-refractivity contribution in [2.45, 2.75) is 39.5 Å². The number of amides is 1. The van der Waals surface area contributed by atoms with E-state index in [1.165, 1.54) is 12.4 Å². The van der Waals surface area contributed by atoms with Crippen LogP contribution >= 0.6 is 0 Å². The van der Waals surface area contributed by atoms with Gasteiger partial charge in [0.2, 0.25) is 0 Å². The lowest BCUT2D eigenvalue weighted by molar-refractivity contribution is 0.0675. The van der Waals surface area contributed by atoms with Crippen LogP contribution in [0.1, 0.15) is 51.7 Å². The molecule has 1 saturated heterocycles. The molecule has 3 heterocycles. The Bertz CT molecular complexity index is 1080. The summed E-state index contributed by atoms with van der Waals surface area (Å²) >= 11 is 0. The highest BCUT2D eigenvalue weighted by Crippen LogP contribution is 2.32. The van der Waals surface area contributed by atoms with Gasteiger partial charge in [0.1, 0.15) is 5.58 Å². The van der Waals surface area contributed by atoms with Crippen molar-refractivity contribution in [2.24, 2.45) is 0 Å². The van der Waals surface area contributed by atoms with Crippen LogP contribution in [-0.2, 0) is 0 Å². The summed E-state index contributed by atoms with van der Waals surface area (Å²) in [4.78, 5) is 33.4. The number of aryl methyl sites for hydroxylation is 3. The lowest BCUT2D eigenvalue weighted by Gasteiger charge is -2.32. The van der Waals surface area contributed by atoms with Crippen LogP contribution in [0.4, 0.5) is 0 Å². The van der Waals surface area contributed by atoms with Gasteiger partial charge >= 0.3 is 0 Å².